The van der Waals surface area contributed by atoms with Crippen LogP contribution in [0.25, 0.3) is 11.2 Å². The van der Waals surface area contributed by atoms with E-state index in [0.29, 0.717) is 17.6 Å². The van der Waals surface area contributed by atoms with E-state index in [-0.39, 0.29) is 5.41 Å². The van der Waals surface area contributed by atoms with E-state index >= 15 is 0 Å². The van der Waals surface area contributed by atoms with Crippen LogP contribution in [0.4, 0.5) is 11.8 Å². The first kappa shape index (κ1) is 14.1. The number of aromatic nitrogens is 4. The van der Waals surface area contributed by atoms with Crippen molar-refractivity contribution in [1.82, 2.24) is 19.9 Å². The fraction of sp³-hybridized carbons (Fsp3) is 0.667. The molecule has 3 N–H and O–H groups in total. The minimum Gasteiger partial charge on any atom is -0.365 e. The number of H-pyrrole nitrogens is 1. The van der Waals surface area contributed by atoms with Crippen molar-refractivity contribution >= 4 is 22.9 Å². The molecule has 0 bridgehead atoms. The monoisotopic (exact) mass is 288 g/mol. The Morgan fingerprint density at radius 3 is 2.95 bits per heavy atom. The quantitative estimate of drug-likeness (QED) is 0.805. The summed E-state index contributed by atoms with van der Waals surface area (Å²) in [5.41, 5.74) is 1.88. The summed E-state index contributed by atoms with van der Waals surface area (Å²) in [6.45, 7) is 7.50. The molecule has 1 aliphatic carbocycles. The summed E-state index contributed by atoms with van der Waals surface area (Å²) >= 11 is 0. The van der Waals surface area contributed by atoms with E-state index in [0.717, 1.165) is 17.9 Å². The smallest absolute Gasteiger partial charge is 0.226 e. The van der Waals surface area contributed by atoms with Gasteiger partial charge in [0.25, 0.3) is 0 Å². The van der Waals surface area contributed by atoms with Crippen molar-refractivity contribution in [3.8, 4) is 0 Å². The first-order valence-corrected chi connectivity index (χ1v) is 7.81. The molecule has 1 atom stereocenters. The molecule has 0 spiro atoms. The van der Waals surface area contributed by atoms with Gasteiger partial charge in [-0.05, 0) is 25.2 Å². The van der Waals surface area contributed by atoms with Gasteiger partial charge in [-0.15, -0.1) is 0 Å². The highest BCUT2D eigenvalue weighted by Crippen LogP contribution is 2.37. The van der Waals surface area contributed by atoms with Gasteiger partial charge < -0.3 is 15.6 Å². The Bertz CT molecular complexity index is 618. The normalized spacial score (nSPS) is 21.4. The molecule has 2 heterocycles. The Kier molecular flexibility index (Phi) is 3.69. The van der Waals surface area contributed by atoms with Crippen molar-refractivity contribution in [2.24, 2.45) is 5.41 Å². The zero-order chi connectivity index (χ0) is 14.9. The predicted molar refractivity (Wildman–Crippen MR) is 85.5 cm³/mol. The van der Waals surface area contributed by atoms with Crippen LogP contribution in [0.2, 0.25) is 0 Å². The number of nitrogens with one attached hydrogen (secondary N) is 3. The standard InChI is InChI=1S/C15H24N6/c1-4-16-14-20-12-11(17-9-18-12)13(21-14)19-10-7-5-6-8-15(10,2)3/h9-10H,4-8H2,1-3H3,(H3,16,17,18,19,20,21). The summed E-state index contributed by atoms with van der Waals surface area (Å²) in [5, 5.41) is 6.81. The van der Waals surface area contributed by atoms with E-state index in [1.165, 1.54) is 25.7 Å². The molecule has 0 amide bonds. The average molecular weight is 288 g/mol. The molecule has 21 heavy (non-hydrogen) atoms. The fourth-order valence-electron chi connectivity index (χ4n) is 3.10. The minimum absolute atomic E-state index is 0.286. The maximum absolute atomic E-state index is 4.62. The molecule has 2 aromatic heterocycles. The first-order valence-electron chi connectivity index (χ1n) is 7.81. The number of rotatable bonds is 4. The lowest BCUT2D eigenvalue weighted by molar-refractivity contribution is 0.217. The highest BCUT2D eigenvalue weighted by atomic mass is 15.2. The third-order valence-corrected chi connectivity index (χ3v) is 4.44. The number of imidazole rings is 1. The fourth-order valence-corrected chi connectivity index (χ4v) is 3.10. The number of hydrogen-bond donors (Lipinski definition) is 3. The van der Waals surface area contributed by atoms with E-state index < -0.39 is 0 Å². The largest absolute Gasteiger partial charge is 0.365 e. The van der Waals surface area contributed by atoms with Crippen LogP contribution in [0.1, 0.15) is 46.5 Å². The molecule has 6 nitrogen and oxygen atoms in total. The molecule has 1 aliphatic rings. The van der Waals surface area contributed by atoms with Crippen LogP contribution in [-0.4, -0.2) is 32.5 Å². The van der Waals surface area contributed by atoms with Crippen LogP contribution in [0.5, 0.6) is 0 Å². The Labute approximate surface area is 125 Å². The SMILES string of the molecule is CCNc1nc(NC2CCCCC2(C)C)c2[nH]cnc2n1. The first-order chi connectivity index (χ1) is 10.1. The van der Waals surface area contributed by atoms with Gasteiger partial charge in [-0.1, -0.05) is 26.7 Å². The maximum atomic E-state index is 4.62. The number of fused-ring (bicyclic) bond motifs is 1. The third-order valence-electron chi connectivity index (χ3n) is 4.44. The molecule has 114 valence electrons. The Hall–Kier alpha value is -1.85. The number of aromatic amines is 1. The van der Waals surface area contributed by atoms with Crippen molar-refractivity contribution in [1.29, 1.82) is 0 Å². The van der Waals surface area contributed by atoms with E-state index in [2.05, 4.69) is 44.4 Å². The summed E-state index contributed by atoms with van der Waals surface area (Å²) < 4.78 is 0. The van der Waals surface area contributed by atoms with Crippen molar-refractivity contribution in [2.45, 2.75) is 52.5 Å². The van der Waals surface area contributed by atoms with Gasteiger partial charge in [0.1, 0.15) is 5.52 Å². The highest BCUT2D eigenvalue weighted by Gasteiger charge is 2.32. The summed E-state index contributed by atoms with van der Waals surface area (Å²) in [6.07, 6.45) is 6.70. The van der Waals surface area contributed by atoms with Crippen molar-refractivity contribution in [3.63, 3.8) is 0 Å². The van der Waals surface area contributed by atoms with Gasteiger partial charge in [-0.2, -0.15) is 9.97 Å². The van der Waals surface area contributed by atoms with E-state index in [4.69, 9.17) is 0 Å². The molecule has 6 heteroatoms. The molecule has 0 radical (unpaired) electrons. The molecule has 2 aromatic rings. The highest BCUT2D eigenvalue weighted by molar-refractivity contribution is 5.83. The predicted octanol–water partition coefficient (Wildman–Crippen LogP) is 3.17. The van der Waals surface area contributed by atoms with Crippen LogP contribution >= 0.6 is 0 Å². The Morgan fingerprint density at radius 2 is 2.19 bits per heavy atom. The molecule has 1 unspecified atom stereocenters. The van der Waals surface area contributed by atoms with Gasteiger partial charge in [0.05, 0.1) is 6.33 Å². The Morgan fingerprint density at radius 1 is 1.33 bits per heavy atom. The van der Waals surface area contributed by atoms with Crippen molar-refractivity contribution < 1.29 is 0 Å². The molecule has 0 aromatic carbocycles. The molecule has 3 rings (SSSR count). The average Bonchev–Trinajstić information content (AvgIpc) is 2.90. The second kappa shape index (κ2) is 5.50. The van der Waals surface area contributed by atoms with Crippen molar-refractivity contribution in [2.75, 3.05) is 17.2 Å². The van der Waals surface area contributed by atoms with Crippen LogP contribution in [-0.2, 0) is 0 Å². The van der Waals surface area contributed by atoms with Crippen molar-refractivity contribution in [3.05, 3.63) is 6.33 Å². The van der Waals surface area contributed by atoms with Gasteiger partial charge in [-0.25, -0.2) is 4.98 Å². The molecule has 1 saturated carbocycles. The summed E-state index contributed by atoms with van der Waals surface area (Å²) in [5.74, 6) is 1.49. The second-order valence-corrected chi connectivity index (χ2v) is 6.46. The lowest BCUT2D eigenvalue weighted by atomic mass is 9.73. The van der Waals surface area contributed by atoms with Crippen LogP contribution in [0, 0.1) is 5.41 Å². The minimum atomic E-state index is 0.286. The number of anilines is 2. The summed E-state index contributed by atoms with van der Waals surface area (Å²) in [4.78, 5) is 16.4. The Balaban J connectivity index is 1.93. The molecule has 1 fully saturated rings. The van der Waals surface area contributed by atoms with Gasteiger partial charge in [0.2, 0.25) is 5.95 Å². The van der Waals surface area contributed by atoms with Gasteiger partial charge >= 0.3 is 0 Å². The van der Waals surface area contributed by atoms with Gasteiger partial charge in [0, 0.05) is 12.6 Å². The molecular weight excluding hydrogens is 264 g/mol. The van der Waals surface area contributed by atoms with E-state index in [1.807, 2.05) is 6.92 Å². The number of hydrogen-bond acceptors (Lipinski definition) is 5. The zero-order valence-electron chi connectivity index (χ0n) is 13.0. The van der Waals surface area contributed by atoms with Gasteiger partial charge in [-0.3, -0.25) is 0 Å². The molecule has 0 aliphatic heterocycles. The molecular formula is C15H24N6. The maximum Gasteiger partial charge on any atom is 0.226 e. The van der Waals surface area contributed by atoms with Crippen LogP contribution in [0.3, 0.4) is 0 Å². The van der Waals surface area contributed by atoms with Crippen LogP contribution < -0.4 is 10.6 Å². The lowest BCUT2D eigenvalue weighted by Gasteiger charge is -2.39. The topological polar surface area (TPSA) is 78.5 Å². The van der Waals surface area contributed by atoms with E-state index in [1.54, 1.807) is 6.33 Å². The lowest BCUT2D eigenvalue weighted by Crippen LogP contribution is -2.39. The summed E-state index contributed by atoms with van der Waals surface area (Å²) in [6, 6.07) is 0.433. The second-order valence-electron chi connectivity index (χ2n) is 6.46. The van der Waals surface area contributed by atoms with E-state index in [9.17, 15) is 0 Å². The number of nitrogens with zero attached hydrogens (tertiary/aromatic N) is 3. The zero-order valence-corrected chi connectivity index (χ0v) is 13.0. The molecule has 0 saturated heterocycles. The third kappa shape index (κ3) is 2.80. The van der Waals surface area contributed by atoms with Crippen LogP contribution in [0.15, 0.2) is 6.33 Å². The van der Waals surface area contributed by atoms with Gasteiger partial charge in [0.15, 0.2) is 11.5 Å². The summed E-state index contributed by atoms with van der Waals surface area (Å²) in [7, 11) is 0.